The van der Waals surface area contributed by atoms with Crippen LogP contribution >= 0.6 is 11.6 Å². The summed E-state index contributed by atoms with van der Waals surface area (Å²) < 4.78 is 47.2. The van der Waals surface area contributed by atoms with Crippen molar-refractivity contribution in [3.05, 3.63) is 65.3 Å². The molecule has 4 amide bonds. The minimum Gasteiger partial charge on any atom is -0.444 e. The molecule has 1 unspecified atom stereocenters. The first-order valence-electron chi connectivity index (χ1n) is 15.1. The van der Waals surface area contributed by atoms with Gasteiger partial charge in [0, 0.05) is 30.6 Å². The molecule has 250 valence electrons. The zero-order chi connectivity index (χ0) is 33.7. The Morgan fingerprint density at radius 2 is 1.98 bits per heavy atom. The van der Waals surface area contributed by atoms with E-state index in [-0.39, 0.29) is 43.6 Å². The van der Waals surface area contributed by atoms with E-state index in [0.717, 1.165) is 0 Å². The van der Waals surface area contributed by atoms with Crippen molar-refractivity contribution in [1.29, 1.82) is 0 Å². The minimum atomic E-state index is -3.90. The van der Waals surface area contributed by atoms with Gasteiger partial charge in [0.1, 0.15) is 35.4 Å². The second kappa shape index (κ2) is 12.4. The van der Waals surface area contributed by atoms with Gasteiger partial charge >= 0.3 is 6.09 Å². The first-order valence-corrected chi connectivity index (χ1v) is 17.0. The number of benzene rings is 1. The highest BCUT2D eigenvalue weighted by molar-refractivity contribution is 7.91. The summed E-state index contributed by atoms with van der Waals surface area (Å²) in [5.41, 5.74) is -0.527. The summed E-state index contributed by atoms with van der Waals surface area (Å²) in [5.74, 6) is -2.86. The van der Waals surface area contributed by atoms with Crippen LogP contribution in [0.5, 0.6) is 0 Å². The Morgan fingerprint density at radius 1 is 1.21 bits per heavy atom. The normalized spacial score (nSPS) is 25.4. The molecule has 14 nitrogen and oxygen atoms in total. The summed E-state index contributed by atoms with van der Waals surface area (Å²) in [4.78, 5) is 64.5. The SMILES string of the molecule is C=C[C@@H]1C[C@]1(NC(=O)[C@@H]1CC(OC(=O)N2Cc3cccc(F)c3C2)CN1C(=O)[C@@H](C)Nc1ccnc(Cl)n1)C(=O)NS(=O)(=O)C1CC1. The van der Waals surface area contributed by atoms with Crippen LogP contribution in [0.25, 0.3) is 0 Å². The lowest BCUT2D eigenvalue weighted by molar-refractivity contribution is -0.140. The molecule has 6 rings (SSSR count). The smallest absolute Gasteiger partial charge is 0.410 e. The Morgan fingerprint density at radius 3 is 2.64 bits per heavy atom. The van der Waals surface area contributed by atoms with Crippen molar-refractivity contribution < 1.29 is 36.7 Å². The molecule has 3 N–H and O–H groups in total. The molecular formula is C30H33ClFN7O7S. The van der Waals surface area contributed by atoms with E-state index in [2.05, 4.69) is 31.9 Å². The molecule has 0 radical (unpaired) electrons. The highest BCUT2D eigenvalue weighted by atomic mass is 35.5. The van der Waals surface area contributed by atoms with Crippen LogP contribution in [0.4, 0.5) is 15.0 Å². The Labute approximate surface area is 275 Å². The van der Waals surface area contributed by atoms with E-state index in [9.17, 15) is 32.0 Å². The molecule has 3 heterocycles. The summed E-state index contributed by atoms with van der Waals surface area (Å²) in [6.07, 6.45) is 2.09. The van der Waals surface area contributed by atoms with Crippen LogP contribution < -0.4 is 15.4 Å². The maximum atomic E-state index is 14.3. The molecule has 2 aliphatic heterocycles. The van der Waals surface area contributed by atoms with E-state index in [4.69, 9.17) is 16.3 Å². The van der Waals surface area contributed by atoms with Gasteiger partial charge < -0.3 is 20.3 Å². The van der Waals surface area contributed by atoms with Crippen molar-refractivity contribution in [2.45, 2.75) is 74.7 Å². The maximum absolute atomic E-state index is 14.3. The van der Waals surface area contributed by atoms with Gasteiger partial charge in [-0.1, -0.05) is 18.2 Å². The number of sulfonamides is 1. The van der Waals surface area contributed by atoms with Gasteiger partial charge in [0.15, 0.2) is 0 Å². The lowest BCUT2D eigenvalue weighted by Gasteiger charge is -2.28. The number of likely N-dealkylation sites (tertiary alicyclic amines) is 1. The molecule has 17 heteroatoms. The second-order valence-electron chi connectivity index (χ2n) is 12.2. The van der Waals surface area contributed by atoms with Crippen molar-refractivity contribution in [2.24, 2.45) is 5.92 Å². The van der Waals surface area contributed by atoms with Gasteiger partial charge in [-0.2, -0.15) is 0 Å². The van der Waals surface area contributed by atoms with Crippen LogP contribution in [0.3, 0.4) is 0 Å². The van der Waals surface area contributed by atoms with Gasteiger partial charge in [0.05, 0.1) is 18.3 Å². The van der Waals surface area contributed by atoms with Crippen LogP contribution in [0.2, 0.25) is 5.28 Å². The van der Waals surface area contributed by atoms with Crippen molar-refractivity contribution in [3.8, 4) is 0 Å². The first-order chi connectivity index (χ1) is 22.3. The third kappa shape index (κ3) is 6.61. The monoisotopic (exact) mass is 689 g/mol. The molecule has 2 aliphatic carbocycles. The van der Waals surface area contributed by atoms with Crippen molar-refractivity contribution >= 4 is 51.3 Å². The highest BCUT2D eigenvalue weighted by Crippen LogP contribution is 2.45. The molecule has 0 bridgehead atoms. The number of nitrogens with one attached hydrogen (secondary N) is 3. The van der Waals surface area contributed by atoms with Gasteiger partial charge in [-0.05, 0) is 55.5 Å². The number of ether oxygens (including phenoxy) is 1. The zero-order valence-electron chi connectivity index (χ0n) is 25.3. The Bertz CT molecular complexity index is 1760. The Hall–Kier alpha value is -4.31. The van der Waals surface area contributed by atoms with Crippen molar-refractivity contribution in [1.82, 2.24) is 29.8 Å². The topological polar surface area (TPSA) is 180 Å². The van der Waals surface area contributed by atoms with E-state index >= 15 is 0 Å². The standard InChI is InChI=1S/C30H33ClFN7O7S/c1-3-18-12-30(18,27(42)37-47(44,45)20-7-8-20)36-25(40)23-11-19(46-29(43)38-13-17-5-4-6-22(32)21(17)15-38)14-39(23)26(41)16(2)34-24-9-10-33-28(31)35-24/h3-6,9-10,16,18-20,23H,1,7-8,11-15H2,2H3,(H,36,40)(H,37,42)(H,33,34,35)/t16-,18-,19?,23+,30-/m1/s1. The molecule has 47 heavy (non-hydrogen) atoms. The van der Waals surface area contributed by atoms with Gasteiger partial charge in [0.2, 0.25) is 27.1 Å². The van der Waals surface area contributed by atoms with Crippen LogP contribution in [0.15, 0.2) is 43.1 Å². The van der Waals surface area contributed by atoms with Gasteiger partial charge in [-0.3, -0.25) is 24.0 Å². The van der Waals surface area contributed by atoms with E-state index in [1.54, 1.807) is 19.1 Å². The van der Waals surface area contributed by atoms with Gasteiger partial charge in [0.25, 0.3) is 5.91 Å². The van der Waals surface area contributed by atoms with E-state index in [1.807, 2.05) is 0 Å². The number of fused-ring (bicyclic) bond motifs is 1. The summed E-state index contributed by atoms with van der Waals surface area (Å²) in [6, 6.07) is 3.98. The Balaban J connectivity index is 1.19. The number of rotatable bonds is 10. The average molecular weight is 690 g/mol. The van der Waals surface area contributed by atoms with E-state index < -0.39 is 74.5 Å². The van der Waals surface area contributed by atoms with Crippen molar-refractivity contribution in [3.63, 3.8) is 0 Å². The number of aromatic nitrogens is 2. The summed E-state index contributed by atoms with van der Waals surface area (Å²) in [5, 5.41) is 4.91. The molecule has 1 aromatic carbocycles. The molecule has 5 atom stereocenters. The third-order valence-corrected chi connectivity index (χ3v) is 10.9. The predicted octanol–water partition coefficient (Wildman–Crippen LogP) is 1.86. The van der Waals surface area contributed by atoms with Crippen molar-refractivity contribution in [2.75, 3.05) is 11.9 Å². The fourth-order valence-electron chi connectivity index (χ4n) is 6.07. The number of hydrogen-bond acceptors (Lipinski definition) is 10. The number of anilines is 1. The largest absolute Gasteiger partial charge is 0.444 e. The number of hydrogen-bond donors (Lipinski definition) is 3. The fourth-order valence-corrected chi connectivity index (χ4v) is 7.58. The molecule has 4 aliphatic rings. The molecule has 3 fully saturated rings. The number of amides is 4. The number of nitrogens with zero attached hydrogens (tertiary/aromatic N) is 4. The quantitative estimate of drug-likeness (QED) is 0.246. The minimum absolute atomic E-state index is 0.00685. The van der Waals surface area contributed by atoms with Crippen LogP contribution in [-0.2, 0) is 42.2 Å². The lowest BCUT2D eigenvalue weighted by Crippen LogP contribution is -2.57. The second-order valence-corrected chi connectivity index (χ2v) is 14.5. The predicted molar refractivity (Wildman–Crippen MR) is 165 cm³/mol. The number of halogens is 2. The number of carbonyl (C=O) groups is 4. The Kier molecular flexibility index (Phi) is 8.59. The maximum Gasteiger partial charge on any atom is 0.410 e. The molecule has 0 spiro atoms. The molecule has 2 saturated carbocycles. The molecule has 2 aromatic rings. The highest BCUT2D eigenvalue weighted by Gasteiger charge is 2.62. The summed E-state index contributed by atoms with van der Waals surface area (Å²) in [6.45, 7) is 5.24. The van der Waals surface area contributed by atoms with Gasteiger partial charge in [-0.15, -0.1) is 6.58 Å². The van der Waals surface area contributed by atoms with Gasteiger partial charge in [-0.25, -0.2) is 27.6 Å². The van der Waals surface area contributed by atoms with Crippen LogP contribution in [0, 0.1) is 11.7 Å². The van der Waals surface area contributed by atoms with Crippen LogP contribution in [-0.4, -0.2) is 87.5 Å². The fraction of sp³-hybridized carbons (Fsp3) is 0.467. The van der Waals surface area contributed by atoms with Crippen LogP contribution in [0.1, 0.15) is 43.7 Å². The molecule has 1 aromatic heterocycles. The third-order valence-electron chi connectivity index (χ3n) is 8.91. The zero-order valence-corrected chi connectivity index (χ0v) is 26.9. The lowest BCUT2D eigenvalue weighted by atomic mass is 10.1. The average Bonchev–Trinajstić information content (AvgIpc) is 3.91. The summed E-state index contributed by atoms with van der Waals surface area (Å²) >= 11 is 5.88. The number of carbonyl (C=O) groups excluding carboxylic acids is 4. The first kappa shape index (κ1) is 32.6. The molecule has 1 saturated heterocycles. The van der Waals surface area contributed by atoms with E-state index in [0.29, 0.717) is 24.0 Å². The van der Waals surface area contributed by atoms with E-state index in [1.165, 1.54) is 34.2 Å². The molecular weight excluding hydrogens is 657 g/mol. The summed E-state index contributed by atoms with van der Waals surface area (Å²) in [7, 11) is -3.90.